The fourth-order valence-corrected chi connectivity index (χ4v) is 3.73. The van der Waals surface area contributed by atoms with Gasteiger partial charge in [0.05, 0.1) is 11.4 Å². The van der Waals surface area contributed by atoms with Crippen LogP contribution >= 0.6 is 11.6 Å². The number of para-hydroxylation sites is 2. The summed E-state index contributed by atoms with van der Waals surface area (Å²) >= 11 is 5.96. The molecule has 0 spiro atoms. The van der Waals surface area contributed by atoms with Crippen LogP contribution in [0.25, 0.3) is 0 Å². The number of halogens is 1. The fourth-order valence-electron chi connectivity index (χ4n) is 3.50. The Morgan fingerprint density at radius 2 is 1.82 bits per heavy atom. The zero-order valence-electron chi connectivity index (χ0n) is 18.1. The van der Waals surface area contributed by atoms with E-state index in [0.717, 1.165) is 5.56 Å². The van der Waals surface area contributed by atoms with Crippen molar-refractivity contribution in [3.63, 3.8) is 0 Å². The summed E-state index contributed by atoms with van der Waals surface area (Å²) in [6.45, 7) is 3.44. The second kappa shape index (κ2) is 9.34. The lowest BCUT2D eigenvalue weighted by molar-refractivity contribution is -0.122. The number of fused-ring (bicyclic) bond motifs is 1. The van der Waals surface area contributed by atoms with Gasteiger partial charge in [0, 0.05) is 16.3 Å². The molecule has 33 heavy (non-hydrogen) atoms. The lowest BCUT2D eigenvalue weighted by Crippen LogP contribution is -2.42. The summed E-state index contributed by atoms with van der Waals surface area (Å²) in [6, 6.07) is 18.8. The van der Waals surface area contributed by atoms with E-state index in [1.165, 1.54) is 4.90 Å². The van der Waals surface area contributed by atoms with Gasteiger partial charge in [-0.1, -0.05) is 23.7 Å². The third-order valence-electron chi connectivity index (χ3n) is 5.23. The van der Waals surface area contributed by atoms with Gasteiger partial charge in [-0.05, 0) is 74.0 Å². The molecule has 0 fully saturated rings. The van der Waals surface area contributed by atoms with Crippen LogP contribution in [-0.4, -0.2) is 30.4 Å². The molecule has 4 rings (SSSR count). The minimum atomic E-state index is -0.741. The lowest BCUT2D eigenvalue weighted by atomic mass is 10.1. The first-order valence-corrected chi connectivity index (χ1v) is 10.7. The Bertz CT molecular complexity index is 1230. The van der Waals surface area contributed by atoms with Gasteiger partial charge < -0.3 is 15.4 Å². The van der Waals surface area contributed by atoms with Crippen molar-refractivity contribution in [2.45, 2.75) is 20.0 Å². The lowest BCUT2D eigenvalue weighted by Gasteiger charge is -2.29. The first-order valence-electron chi connectivity index (χ1n) is 10.4. The highest BCUT2D eigenvalue weighted by Crippen LogP contribution is 2.30. The molecule has 0 aromatic heterocycles. The minimum Gasteiger partial charge on any atom is -0.481 e. The molecule has 7 nitrogen and oxygen atoms in total. The molecular formula is C25H22ClN3O4. The van der Waals surface area contributed by atoms with E-state index in [1.54, 1.807) is 67.6 Å². The molecule has 0 saturated carbocycles. The maximum absolute atomic E-state index is 13.0. The van der Waals surface area contributed by atoms with Crippen LogP contribution in [0.15, 0.2) is 66.7 Å². The number of hydrogen-bond donors (Lipinski definition) is 2. The largest absolute Gasteiger partial charge is 0.481 e. The van der Waals surface area contributed by atoms with Gasteiger partial charge in [0.2, 0.25) is 5.91 Å². The van der Waals surface area contributed by atoms with E-state index >= 15 is 0 Å². The van der Waals surface area contributed by atoms with Gasteiger partial charge in [0.15, 0.2) is 6.10 Å². The molecule has 1 aliphatic heterocycles. The van der Waals surface area contributed by atoms with Crippen molar-refractivity contribution in [1.29, 1.82) is 0 Å². The molecule has 0 bridgehead atoms. The Balaban J connectivity index is 1.42. The molecule has 1 unspecified atom stereocenters. The van der Waals surface area contributed by atoms with Crippen LogP contribution in [0.1, 0.15) is 22.8 Å². The summed E-state index contributed by atoms with van der Waals surface area (Å²) < 4.78 is 5.75. The molecule has 2 N–H and O–H groups in total. The van der Waals surface area contributed by atoms with Gasteiger partial charge in [-0.2, -0.15) is 0 Å². The number of carbonyl (C=O) groups is 3. The van der Waals surface area contributed by atoms with Crippen LogP contribution in [-0.2, 0) is 9.59 Å². The number of ether oxygens (including phenoxy) is 1. The fraction of sp³-hybridized carbons (Fsp3) is 0.160. The molecule has 1 aliphatic rings. The summed E-state index contributed by atoms with van der Waals surface area (Å²) in [7, 11) is 0. The van der Waals surface area contributed by atoms with Crippen molar-refractivity contribution >= 4 is 46.4 Å². The van der Waals surface area contributed by atoms with Crippen molar-refractivity contribution in [3.05, 3.63) is 82.9 Å². The van der Waals surface area contributed by atoms with Gasteiger partial charge in [-0.15, -0.1) is 0 Å². The number of nitrogens with one attached hydrogen (secondary N) is 2. The number of hydrogen-bond acceptors (Lipinski definition) is 4. The predicted octanol–water partition coefficient (Wildman–Crippen LogP) is 4.65. The second-order valence-corrected chi connectivity index (χ2v) is 8.13. The number of benzene rings is 3. The van der Waals surface area contributed by atoms with Crippen LogP contribution in [0.2, 0.25) is 5.02 Å². The zero-order chi connectivity index (χ0) is 23.5. The van der Waals surface area contributed by atoms with Crippen molar-refractivity contribution in [2.24, 2.45) is 0 Å². The Morgan fingerprint density at radius 1 is 1.09 bits per heavy atom. The van der Waals surface area contributed by atoms with E-state index < -0.39 is 6.10 Å². The van der Waals surface area contributed by atoms with Gasteiger partial charge in [0.1, 0.15) is 12.3 Å². The van der Waals surface area contributed by atoms with Crippen molar-refractivity contribution in [2.75, 3.05) is 22.1 Å². The Labute approximate surface area is 196 Å². The number of anilines is 3. The Kier molecular flexibility index (Phi) is 6.33. The van der Waals surface area contributed by atoms with Crippen LogP contribution < -0.4 is 20.3 Å². The quantitative estimate of drug-likeness (QED) is 0.576. The molecule has 3 amide bonds. The minimum absolute atomic E-state index is 0.0622. The predicted molar refractivity (Wildman–Crippen MR) is 128 cm³/mol. The zero-order valence-corrected chi connectivity index (χ0v) is 18.8. The maximum atomic E-state index is 13.0. The van der Waals surface area contributed by atoms with E-state index in [0.29, 0.717) is 33.4 Å². The normalized spacial score (nSPS) is 13.5. The molecule has 8 heteroatoms. The molecule has 3 aromatic rings. The number of aryl methyl sites for hydroxylation is 1. The van der Waals surface area contributed by atoms with Gasteiger partial charge in [-0.25, -0.2) is 0 Å². The monoisotopic (exact) mass is 463 g/mol. The molecular weight excluding hydrogens is 442 g/mol. The van der Waals surface area contributed by atoms with Crippen molar-refractivity contribution in [3.8, 4) is 5.75 Å². The number of nitrogens with zero attached hydrogens (tertiary/aromatic N) is 1. The Morgan fingerprint density at radius 3 is 2.55 bits per heavy atom. The molecule has 1 heterocycles. The molecule has 0 radical (unpaired) electrons. The molecule has 0 aliphatic carbocycles. The molecule has 1 atom stereocenters. The van der Waals surface area contributed by atoms with Crippen LogP contribution in [0.5, 0.6) is 5.75 Å². The maximum Gasteiger partial charge on any atom is 0.265 e. The van der Waals surface area contributed by atoms with E-state index in [9.17, 15) is 14.4 Å². The van der Waals surface area contributed by atoms with Gasteiger partial charge in [-0.3, -0.25) is 19.3 Å². The summed E-state index contributed by atoms with van der Waals surface area (Å²) in [5.74, 6) is -0.306. The highest BCUT2D eigenvalue weighted by atomic mass is 35.5. The molecule has 3 aromatic carbocycles. The summed E-state index contributed by atoms with van der Waals surface area (Å²) in [6.07, 6.45) is -0.741. The standard InChI is InChI=1S/C25H22ClN3O4/c1-15-13-18(26)9-12-22(15)33-16(2)24(31)27-19-10-7-17(8-11-19)25(32)29-14-23(30)28-20-5-3-4-6-21(20)29/h3-13,16H,14H2,1-2H3,(H,27,31)(H,28,30). The number of amides is 3. The third kappa shape index (κ3) is 4.99. The summed E-state index contributed by atoms with van der Waals surface area (Å²) in [5.41, 5.74) is 2.99. The van der Waals surface area contributed by atoms with Crippen molar-refractivity contribution < 1.29 is 19.1 Å². The number of rotatable bonds is 5. The average Bonchev–Trinajstić information content (AvgIpc) is 2.80. The SMILES string of the molecule is Cc1cc(Cl)ccc1OC(C)C(=O)Nc1ccc(C(=O)N2CC(=O)Nc3ccccc32)cc1. The van der Waals surface area contributed by atoms with E-state index in [4.69, 9.17) is 16.3 Å². The van der Waals surface area contributed by atoms with Crippen molar-refractivity contribution in [1.82, 2.24) is 0 Å². The van der Waals surface area contributed by atoms with E-state index in [2.05, 4.69) is 10.6 Å². The van der Waals surface area contributed by atoms with Gasteiger partial charge >= 0.3 is 0 Å². The topological polar surface area (TPSA) is 87.7 Å². The highest BCUT2D eigenvalue weighted by molar-refractivity contribution is 6.30. The van der Waals surface area contributed by atoms with Gasteiger partial charge in [0.25, 0.3) is 11.8 Å². The molecule has 0 saturated heterocycles. The smallest absolute Gasteiger partial charge is 0.265 e. The molecule has 168 valence electrons. The van der Waals surface area contributed by atoms with Crippen LogP contribution in [0.3, 0.4) is 0 Å². The van der Waals surface area contributed by atoms with E-state index in [1.807, 2.05) is 13.0 Å². The number of carbonyl (C=O) groups excluding carboxylic acids is 3. The highest BCUT2D eigenvalue weighted by Gasteiger charge is 2.27. The first kappa shape index (κ1) is 22.4. The van der Waals surface area contributed by atoms with Crippen LogP contribution in [0, 0.1) is 6.92 Å². The third-order valence-corrected chi connectivity index (χ3v) is 5.46. The summed E-state index contributed by atoms with van der Waals surface area (Å²) in [4.78, 5) is 39.0. The first-order chi connectivity index (χ1) is 15.8. The van der Waals surface area contributed by atoms with Crippen LogP contribution in [0.4, 0.5) is 17.1 Å². The van der Waals surface area contributed by atoms with E-state index in [-0.39, 0.29) is 24.3 Å². The second-order valence-electron chi connectivity index (χ2n) is 7.69. The average molecular weight is 464 g/mol. The summed E-state index contributed by atoms with van der Waals surface area (Å²) in [5, 5.41) is 6.14. The Hall–Kier alpha value is -3.84.